The van der Waals surface area contributed by atoms with Crippen LogP contribution in [0.15, 0.2) is 54.6 Å². The minimum atomic E-state index is -0.986. The van der Waals surface area contributed by atoms with E-state index in [0.29, 0.717) is 18.7 Å². The number of rotatable bonds is 7. The van der Waals surface area contributed by atoms with Crippen LogP contribution in [-0.2, 0) is 22.5 Å². The van der Waals surface area contributed by atoms with E-state index in [1.165, 1.54) is 6.07 Å². The van der Waals surface area contributed by atoms with Gasteiger partial charge in [-0.05, 0) is 36.1 Å². The lowest BCUT2D eigenvalue weighted by atomic mass is 10.1. The van der Waals surface area contributed by atoms with Crippen molar-refractivity contribution in [3.8, 4) is 0 Å². The molecule has 0 saturated carbocycles. The van der Waals surface area contributed by atoms with Crippen LogP contribution in [0, 0.1) is 0 Å². The maximum atomic E-state index is 12.9. The Labute approximate surface area is 153 Å². The monoisotopic (exact) mass is 353 g/mol. The first-order chi connectivity index (χ1) is 12.6. The summed E-state index contributed by atoms with van der Waals surface area (Å²) < 4.78 is 5.70. The van der Waals surface area contributed by atoms with E-state index in [1.807, 2.05) is 35.2 Å². The third-order valence-electron chi connectivity index (χ3n) is 4.55. The molecule has 1 fully saturated rings. The van der Waals surface area contributed by atoms with Gasteiger partial charge in [0.1, 0.15) is 0 Å². The van der Waals surface area contributed by atoms with Crippen molar-refractivity contribution >= 4 is 11.9 Å². The number of hydrogen-bond donors (Lipinski definition) is 1. The Kier molecular flexibility index (Phi) is 6.02. The summed E-state index contributed by atoms with van der Waals surface area (Å²) in [5.74, 6) is -1.01. The van der Waals surface area contributed by atoms with Crippen molar-refractivity contribution in [1.82, 2.24) is 4.90 Å². The Morgan fingerprint density at radius 1 is 1.08 bits per heavy atom. The van der Waals surface area contributed by atoms with Crippen LogP contribution in [0.4, 0.5) is 0 Å². The number of ether oxygens (including phenoxy) is 1. The largest absolute Gasteiger partial charge is 0.478 e. The number of hydrogen-bond acceptors (Lipinski definition) is 3. The molecule has 1 amide bonds. The van der Waals surface area contributed by atoms with Crippen molar-refractivity contribution in [1.29, 1.82) is 0 Å². The lowest BCUT2D eigenvalue weighted by Gasteiger charge is -2.26. The van der Waals surface area contributed by atoms with Crippen molar-refractivity contribution in [2.24, 2.45) is 0 Å². The minimum Gasteiger partial charge on any atom is -0.478 e. The van der Waals surface area contributed by atoms with E-state index >= 15 is 0 Å². The number of aromatic carboxylic acids is 1. The first-order valence-electron chi connectivity index (χ1n) is 8.87. The predicted molar refractivity (Wildman–Crippen MR) is 97.9 cm³/mol. The third-order valence-corrected chi connectivity index (χ3v) is 4.55. The van der Waals surface area contributed by atoms with E-state index in [2.05, 4.69) is 0 Å². The molecule has 0 radical (unpaired) electrons. The van der Waals surface area contributed by atoms with E-state index in [1.54, 1.807) is 18.2 Å². The van der Waals surface area contributed by atoms with Crippen molar-refractivity contribution < 1.29 is 19.4 Å². The average Bonchev–Trinajstić information content (AvgIpc) is 3.15. The van der Waals surface area contributed by atoms with Gasteiger partial charge in [0.05, 0.1) is 18.1 Å². The minimum absolute atomic E-state index is 0.0214. The predicted octanol–water partition coefficient (Wildman–Crippen LogP) is 3.14. The van der Waals surface area contributed by atoms with E-state index in [9.17, 15) is 9.59 Å². The molecule has 0 spiro atoms. The van der Waals surface area contributed by atoms with Gasteiger partial charge in [-0.1, -0.05) is 42.5 Å². The molecule has 26 heavy (non-hydrogen) atoms. The molecular formula is C21H23NO4. The maximum absolute atomic E-state index is 12.9. The van der Waals surface area contributed by atoms with Gasteiger partial charge >= 0.3 is 5.97 Å². The molecule has 1 N–H and O–H groups in total. The van der Waals surface area contributed by atoms with E-state index in [0.717, 1.165) is 25.0 Å². The second-order valence-electron chi connectivity index (χ2n) is 6.58. The van der Waals surface area contributed by atoms with Crippen molar-refractivity contribution in [3.63, 3.8) is 0 Å². The third kappa shape index (κ3) is 4.92. The fraction of sp³-hybridized carbons (Fsp3) is 0.333. The molecule has 2 aromatic carbocycles. The van der Waals surface area contributed by atoms with Crippen molar-refractivity contribution in [2.45, 2.75) is 31.9 Å². The molecule has 0 aromatic heterocycles. The van der Waals surface area contributed by atoms with Crippen LogP contribution >= 0.6 is 0 Å². The number of carboxylic acid groups (broad SMARTS) is 1. The molecule has 1 aliphatic rings. The van der Waals surface area contributed by atoms with Gasteiger partial charge in [0.25, 0.3) is 0 Å². The summed E-state index contributed by atoms with van der Waals surface area (Å²) in [7, 11) is 0. The van der Waals surface area contributed by atoms with Gasteiger partial charge in [0.2, 0.25) is 5.91 Å². The molecule has 1 unspecified atom stereocenters. The first-order valence-corrected chi connectivity index (χ1v) is 8.87. The zero-order valence-electron chi connectivity index (χ0n) is 14.6. The molecular weight excluding hydrogens is 330 g/mol. The fourth-order valence-electron chi connectivity index (χ4n) is 3.19. The summed E-state index contributed by atoms with van der Waals surface area (Å²) >= 11 is 0. The van der Waals surface area contributed by atoms with Gasteiger partial charge in [-0.2, -0.15) is 0 Å². The summed E-state index contributed by atoms with van der Waals surface area (Å²) in [6.07, 6.45) is 2.25. The first kappa shape index (κ1) is 18.1. The van der Waals surface area contributed by atoms with Crippen molar-refractivity contribution in [2.75, 3.05) is 13.2 Å². The molecule has 1 heterocycles. The Bertz CT molecular complexity index is 754. The number of nitrogens with zero attached hydrogens (tertiary/aromatic N) is 1. The van der Waals surface area contributed by atoms with Crippen LogP contribution in [0.25, 0.3) is 0 Å². The average molecular weight is 353 g/mol. The molecule has 0 aliphatic carbocycles. The number of amides is 1. The van der Waals surface area contributed by atoms with Crippen molar-refractivity contribution in [3.05, 3.63) is 71.3 Å². The van der Waals surface area contributed by atoms with Gasteiger partial charge in [-0.15, -0.1) is 0 Å². The van der Waals surface area contributed by atoms with Crippen LogP contribution < -0.4 is 0 Å². The SMILES string of the molecule is O=C(O)c1cccc(CC(=O)N(Cc2ccccc2)CC2CCCO2)c1. The Hall–Kier alpha value is -2.66. The van der Waals surface area contributed by atoms with E-state index in [-0.39, 0.29) is 24.0 Å². The van der Waals surface area contributed by atoms with E-state index in [4.69, 9.17) is 9.84 Å². The van der Waals surface area contributed by atoms with Gasteiger partial charge in [-0.25, -0.2) is 4.79 Å². The number of carbonyl (C=O) groups excluding carboxylic acids is 1. The summed E-state index contributed by atoms with van der Waals surface area (Å²) in [4.78, 5) is 25.9. The Morgan fingerprint density at radius 2 is 1.85 bits per heavy atom. The van der Waals surface area contributed by atoms with Gasteiger partial charge in [0.15, 0.2) is 0 Å². The molecule has 3 rings (SSSR count). The molecule has 1 aliphatic heterocycles. The Morgan fingerprint density at radius 3 is 2.54 bits per heavy atom. The van der Waals surface area contributed by atoms with Gasteiger partial charge in [-0.3, -0.25) is 4.79 Å². The van der Waals surface area contributed by atoms with Crippen LogP contribution in [-0.4, -0.2) is 41.1 Å². The normalized spacial score (nSPS) is 16.4. The van der Waals surface area contributed by atoms with Crippen LogP contribution in [0.3, 0.4) is 0 Å². The summed E-state index contributed by atoms with van der Waals surface area (Å²) in [5, 5.41) is 9.13. The quantitative estimate of drug-likeness (QED) is 0.830. The summed E-state index contributed by atoms with van der Waals surface area (Å²) in [6, 6.07) is 16.4. The summed E-state index contributed by atoms with van der Waals surface area (Å²) in [6.45, 7) is 1.84. The highest BCUT2D eigenvalue weighted by atomic mass is 16.5. The topological polar surface area (TPSA) is 66.8 Å². The molecule has 136 valence electrons. The molecule has 1 atom stereocenters. The molecule has 5 heteroatoms. The lowest BCUT2D eigenvalue weighted by molar-refractivity contribution is -0.132. The lowest BCUT2D eigenvalue weighted by Crippen LogP contribution is -2.37. The number of carbonyl (C=O) groups is 2. The Balaban J connectivity index is 1.72. The zero-order chi connectivity index (χ0) is 18.4. The molecule has 0 bridgehead atoms. The van der Waals surface area contributed by atoms with E-state index < -0.39 is 5.97 Å². The molecule has 1 saturated heterocycles. The second kappa shape index (κ2) is 8.63. The van der Waals surface area contributed by atoms with Gasteiger partial charge in [0, 0.05) is 19.7 Å². The second-order valence-corrected chi connectivity index (χ2v) is 6.58. The fourth-order valence-corrected chi connectivity index (χ4v) is 3.19. The van der Waals surface area contributed by atoms with Crippen LogP contribution in [0.5, 0.6) is 0 Å². The van der Waals surface area contributed by atoms with Crippen LogP contribution in [0.1, 0.15) is 34.3 Å². The smallest absolute Gasteiger partial charge is 0.335 e. The number of carboxylic acids is 1. The highest BCUT2D eigenvalue weighted by molar-refractivity contribution is 5.88. The highest BCUT2D eigenvalue weighted by Crippen LogP contribution is 2.17. The standard InChI is InChI=1S/C21H23NO4/c23-20(13-17-8-4-9-18(12-17)21(24)25)22(15-19-10-5-11-26-19)14-16-6-2-1-3-7-16/h1-4,6-9,12,19H,5,10-11,13-15H2,(H,24,25). The molecule has 5 nitrogen and oxygen atoms in total. The summed E-state index contributed by atoms with van der Waals surface area (Å²) in [5.41, 5.74) is 1.97. The molecule has 2 aromatic rings. The number of benzene rings is 2. The van der Waals surface area contributed by atoms with Gasteiger partial charge < -0.3 is 14.7 Å². The zero-order valence-corrected chi connectivity index (χ0v) is 14.6. The highest BCUT2D eigenvalue weighted by Gasteiger charge is 2.23. The maximum Gasteiger partial charge on any atom is 0.335 e. The van der Waals surface area contributed by atoms with Crippen LogP contribution in [0.2, 0.25) is 0 Å².